The largest absolute Gasteiger partial charge is 0.497 e. The fourth-order valence-corrected chi connectivity index (χ4v) is 5.11. The van der Waals surface area contributed by atoms with Gasteiger partial charge in [-0.25, -0.2) is 4.98 Å². The number of aromatic nitrogens is 3. The van der Waals surface area contributed by atoms with Crippen LogP contribution in [-0.4, -0.2) is 70.4 Å². The van der Waals surface area contributed by atoms with Crippen LogP contribution in [0.2, 0.25) is 0 Å². The lowest BCUT2D eigenvalue weighted by molar-refractivity contribution is 0.0721. The van der Waals surface area contributed by atoms with E-state index in [1.165, 1.54) is 33.6 Å². The van der Waals surface area contributed by atoms with Crippen molar-refractivity contribution in [3.05, 3.63) is 57.9 Å². The van der Waals surface area contributed by atoms with E-state index < -0.39 is 0 Å². The Hall–Kier alpha value is -2.85. The number of hydrogen-bond donors (Lipinski definition) is 0. The van der Waals surface area contributed by atoms with E-state index in [2.05, 4.69) is 4.98 Å². The van der Waals surface area contributed by atoms with Crippen LogP contribution in [0.5, 0.6) is 5.75 Å². The van der Waals surface area contributed by atoms with Gasteiger partial charge in [0.15, 0.2) is 5.69 Å². The van der Waals surface area contributed by atoms with Crippen molar-refractivity contribution < 1.29 is 14.3 Å². The fraction of sp³-hybridized carbons (Fsp3) is 0.391. The molecule has 10 heteroatoms. The van der Waals surface area contributed by atoms with Gasteiger partial charge < -0.3 is 14.5 Å². The average molecular weight is 486 g/mol. The topological polar surface area (TPSA) is 80.6 Å². The molecule has 8 nitrogen and oxygen atoms in total. The van der Waals surface area contributed by atoms with Gasteiger partial charge in [-0.15, -0.1) is 11.3 Å². The van der Waals surface area contributed by atoms with Crippen LogP contribution in [0.15, 0.2) is 34.0 Å². The number of thioether (sulfide) groups is 1. The van der Waals surface area contributed by atoms with Crippen LogP contribution in [0.25, 0.3) is 0 Å². The number of rotatable bonds is 7. The quantitative estimate of drug-likeness (QED) is 0.478. The second-order valence-electron chi connectivity index (χ2n) is 7.97. The number of benzene rings is 1. The first-order valence-corrected chi connectivity index (χ1v) is 12.7. The summed E-state index contributed by atoms with van der Waals surface area (Å²) in [6, 6.07) is 7.97. The number of hydrogen-bond acceptors (Lipinski definition) is 7. The Labute approximate surface area is 201 Å². The monoisotopic (exact) mass is 485 g/mol. The summed E-state index contributed by atoms with van der Waals surface area (Å²) in [6.45, 7) is 1.59. The van der Waals surface area contributed by atoms with Crippen molar-refractivity contribution in [3.63, 3.8) is 0 Å². The second-order valence-corrected chi connectivity index (χ2v) is 9.89. The van der Waals surface area contributed by atoms with Crippen LogP contribution in [0.3, 0.4) is 0 Å². The molecular weight excluding hydrogens is 458 g/mol. The minimum atomic E-state index is -0.151. The molecule has 0 saturated heterocycles. The Morgan fingerprint density at radius 1 is 1.24 bits per heavy atom. The SMILES string of the molecule is COc1ccc(CCn2nc(C(=O)N(C)C)c3c2CCN(C(=O)c2csc(SC)n2)C3)cc1. The highest BCUT2D eigenvalue weighted by Gasteiger charge is 2.31. The molecule has 0 saturated carbocycles. The summed E-state index contributed by atoms with van der Waals surface area (Å²) in [7, 11) is 5.09. The molecule has 1 aromatic carbocycles. The van der Waals surface area contributed by atoms with Crippen LogP contribution >= 0.6 is 23.1 Å². The summed E-state index contributed by atoms with van der Waals surface area (Å²) >= 11 is 3.00. The van der Waals surface area contributed by atoms with Gasteiger partial charge in [0.25, 0.3) is 11.8 Å². The first-order valence-electron chi connectivity index (χ1n) is 10.6. The summed E-state index contributed by atoms with van der Waals surface area (Å²) in [6.07, 6.45) is 3.38. The minimum absolute atomic E-state index is 0.105. The molecule has 0 aliphatic carbocycles. The predicted molar refractivity (Wildman–Crippen MR) is 129 cm³/mol. The molecule has 0 unspecified atom stereocenters. The molecule has 0 fully saturated rings. The third kappa shape index (κ3) is 4.91. The molecule has 0 atom stereocenters. The molecule has 2 aromatic heterocycles. The van der Waals surface area contributed by atoms with Crippen LogP contribution in [0, 0.1) is 0 Å². The summed E-state index contributed by atoms with van der Waals surface area (Å²) in [5.74, 6) is 0.567. The third-order valence-electron chi connectivity index (χ3n) is 5.68. The zero-order valence-electron chi connectivity index (χ0n) is 19.2. The van der Waals surface area contributed by atoms with Crippen molar-refractivity contribution in [3.8, 4) is 5.75 Å². The number of nitrogens with zero attached hydrogens (tertiary/aromatic N) is 5. The second kappa shape index (κ2) is 9.96. The maximum absolute atomic E-state index is 13.1. The summed E-state index contributed by atoms with van der Waals surface area (Å²) in [5, 5.41) is 6.49. The maximum Gasteiger partial charge on any atom is 0.274 e. The molecule has 0 spiro atoms. The molecule has 4 rings (SSSR count). The van der Waals surface area contributed by atoms with Crippen molar-refractivity contribution in [2.75, 3.05) is 34.0 Å². The van der Waals surface area contributed by atoms with E-state index in [1.54, 1.807) is 31.5 Å². The van der Waals surface area contributed by atoms with Gasteiger partial charge in [-0.3, -0.25) is 14.3 Å². The van der Waals surface area contributed by atoms with Crippen LogP contribution in [0.1, 0.15) is 37.8 Å². The fourth-order valence-electron chi connectivity index (χ4n) is 3.87. The van der Waals surface area contributed by atoms with Gasteiger partial charge in [-0.05, 0) is 30.4 Å². The van der Waals surface area contributed by atoms with Crippen LogP contribution in [0.4, 0.5) is 0 Å². The zero-order chi connectivity index (χ0) is 23.5. The molecule has 174 valence electrons. The lowest BCUT2D eigenvalue weighted by Crippen LogP contribution is -2.37. The number of aryl methyl sites for hydroxylation is 2. The lowest BCUT2D eigenvalue weighted by Gasteiger charge is -2.27. The van der Waals surface area contributed by atoms with Gasteiger partial charge in [0.1, 0.15) is 15.8 Å². The van der Waals surface area contributed by atoms with Crippen molar-refractivity contribution in [1.29, 1.82) is 0 Å². The first-order chi connectivity index (χ1) is 15.9. The third-order valence-corrected chi connectivity index (χ3v) is 7.54. The number of ether oxygens (including phenoxy) is 1. The molecule has 0 bridgehead atoms. The number of amides is 2. The van der Waals surface area contributed by atoms with Crippen molar-refractivity contribution in [2.24, 2.45) is 0 Å². The van der Waals surface area contributed by atoms with Crippen molar-refractivity contribution >= 4 is 34.9 Å². The van der Waals surface area contributed by atoms with Gasteiger partial charge in [-0.1, -0.05) is 23.9 Å². The lowest BCUT2D eigenvalue weighted by atomic mass is 10.0. The Balaban J connectivity index is 1.57. The van der Waals surface area contributed by atoms with E-state index in [-0.39, 0.29) is 11.8 Å². The van der Waals surface area contributed by atoms with Gasteiger partial charge in [0.05, 0.1) is 13.7 Å². The molecule has 0 radical (unpaired) electrons. The molecule has 1 aliphatic rings. The minimum Gasteiger partial charge on any atom is -0.497 e. The Kier molecular flexibility index (Phi) is 7.04. The highest BCUT2D eigenvalue weighted by Crippen LogP contribution is 2.27. The molecule has 2 amide bonds. The zero-order valence-corrected chi connectivity index (χ0v) is 20.8. The Bertz CT molecular complexity index is 1150. The van der Waals surface area contributed by atoms with Crippen LogP contribution in [-0.2, 0) is 25.9 Å². The summed E-state index contributed by atoms with van der Waals surface area (Å²) < 4.78 is 8.03. The number of carbonyl (C=O) groups excluding carboxylic acids is 2. The molecule has 33 heavy (non-hydrogen) atoms. The highest BCUT2D eigenvalue weighted by molar-refractivity contribution is 8.00. The molecular formula is C23H27N5O3S2. The highest BCUT2D eigenvalue weighted by atomic mass is 32.2. The molecule has 1 aliphatic heterocycles. The number of thiazole rings is 1. The van der Waals surface area contributed by atoms with E-state index in [4.69, 9.17) is 9.84 Å². The van der Waals surface area contributed by atoms with Gasteiger partial charge >= 0.3 is 0 Å². The molecule has 3 aromatic rings. The van der Waals surface area contributed by atoms with E-state index in [0.29, 0.717) is 37.4 Å². The summed E-state index contributed by atoms with van der Waals surface area (Å²) in [4.78, 5) is 33.6. The van der Waals surface area contributed by atoms with Gasteiger partial charge in [0, 0.05) is 50.2 Å². The molecule has 3 heterocycles. The normalized spacial score (nSPS) is 13.0. The first kappa shape index (κ1) is 23.3. The predicted octanol–water partition coefficient (Wildman–Crippen LogP) is 3.21. The van der Waals surface area contributed by atoms with Crippen molar-refractivity contribution in [1.82, 2.24) is 24.6 Å². The van der Waals surface area contributed by atoms with Crippen LogP contribution < -0.4 is 4.74 Å². The smallest absolute Gasteiger partial charge is 0.274 e. The van der Waals surface area contributed by atoms with E-state index in [9.17, 15) is 9.59 Å². The van der Waals surface area contributed by atoms with E-state index in [1.807, 2.05) is 35.2 Å². The molecule has 0 N–H and O–H groups in total. The Morgan fingerprint density at radius 2 is 2.00 bits per heavy atom. The number of methoxy groups -OCH3 is 1. The number of carbonyl (C=O) groups is 2. The van der Waals surface area contributed by atoms with Gasteiger partial charge in [0.2, 0.25) is 0 Å². The Morgan fingerprint density at radius 3 is 2.64 bits per heavy atom. The summed E-state index contributed by atoms with van der Waals surface area (Å²) in [5.41, 5.74) is 3.91. The van der Waals surface area contributed by atoms with E-state index >= 15 is 0 Å². The van der Waals surface area contributed by atoms with Crippen molar-refractivity contribution in [2.45, 2.75) is 30.3 Å². The maximum atomic E-state index is 13.1. The van der Waals surface area contributed by atoms with E-state index in [0.717, 1.165) is 27.8 Å². The number of fused-ring (bicyclic) bond motifs is 1. The van der Waals surface area contributed by atoms with Gasteiger partial charge in [-0.2, -0.15) is 5.10 Å². The standard InChI is InChI=1S/C23H27N5O3S2/c1-26(2)22(30)20-17-13-27(21(29)18-14-33-23(24-18)32-4)11-10-19(17)28(25-20)12-9-15-5-7-16(31-3)8-6-15/h5-8,14H,9-13H2,1-4H3. The average Bonchev–Trinajstić information content (AvgIpc) is 3.46.